The normalized spacial score (nSPS) is 21.5. The van der Waals surface area contributed by atoms with Crippen LogP contribution in [0.15, 0.2) is 22.8 Å². The molecular formula is C19H28N4O2. The van der Waals surface area contributed by atoms with Crippen molar-refractivity contribution in [2.45, 2.75) is 38.8 Å². The number of nitrogens with one attached hydrogen (secondary N) is 1. The highest BCUT2D eigenvalue weighted by molar-refractivity contribution is 5.96. The Hall–Kier alpha value is -1.79. The van der Waals surface area contributed by atoms with Crippen molar-refractivity contribution in [1.82, 2.24) is 19.7 Å². The first kappa shape index (κ1) is 16.7. The zero-order valence-electron chi connectivity index (χ0n) is 15.2. The average molecular weight is 344 g/mol. The number of amides is 1. The van der Waals surface area contributed by atoms with Gasteiger partial charge in [-0.25, -0.2) is 0 Å². The lowest BCUT2D eigenvalue weighted by atomic mass is 10.0. The van der Waals surface area contributed by atoms with E-state index in [1.165, 1.54) is 13.1 Å². The zero-order valence-corrected chi connectivity index (χ0v) is 15.2. The maximum Gasteiger partial charge on any atom is 0.270 e. The van der Waals surface area contributed by atoms with Gasteiger partial charge in [0.2, 0.25) is 0 Å². The summed E-state index contributed by atoms with van der Waals surface area (Å²) >= 11 is 0. The lowest BCUT2D eigenvalue weighted by molar-refractivity contribution is 0.0418. The van der Waals surface area contributed by atoms with Crippen molar-refractivity contribution in [2.24, 2.45) is 0 Å². The van der Waals surface area contributed by atoms with Crippen molar-refractivity contribution in [1.29, 1.82) is 0 Å². The fourth-order valence-corrected chi connectivity index (χ4v) is 4.19. The van der Waals surface area contributed by atoms with Crippen molar-refractivity contribution in [3.8, 4) is 0 Å². The number of aromatic nitrogens is 1. The van der Waals surface area contributed by atoms with E-state index in [4.69, 9.17) is 4.42 Å². The lowest BCUT2D eigenvalue weighted by Crippen LogP contribution is -2.54. The molecule has 0 aromatic carbocycles. The van der Waals surface area contributed by atoms with Gasteiger partial charge in [0, 0.05) is 63.5 Å². The van der Waals surface area contributed by atoms with Crippen LogP contribution >= 0.6 is 0 Å². The molecule has 0 saturated carbocycles. The molecule has 0 atom stereocenters. The van der Waals surface area contributed by atoms with Crippen LogP contribution in [0.4, 0.5) is 0 Å². The molecule has 1 N–H and O–H groups in total. The Labute approximate surface area is 148 Å². The molecule has 136 valence electrons. The highest BCUT2D eigenvalue weighted by Gasteiger charge is 2.30. The molecule has 1 amide bonds. The minimum absolute atomic E-state index is 0.0921. The molecule has 2 saturated heterocycles. The summed E-state index contributed by atoms with van der Waals surface area (Å²) in [6.07, 6.45) is 3.79. The van der Waals surface area contributed by atoms with Crippen LogP contribution in [-0.2, 0) is 0 Å². The molecule has 0 radical (unpaired) electrons. The third-order valence-corrected chi connectivity index (χ3v) is 5.82. The third-order valence-electron chi connectivity index (χ3n) is 5.82. The Morgan fingerprint density at radius 2 is 1.88 bits per heavy atom. The van der Waals surface area contributed by atoms with Crippen molar-refractivity contribution in [3.63, 3.8) is 0 Å². The number of hydrogen-bond acceptors (Lipinski definition) is 4. The van der Waals surface area contributed by atoms with Gasteiger partial charge in [0.25, 0.3) is 5.91 Å². The molecule has 2 aliphatic heterocycles. The molecule has 4 heterocycles. The molecule has 25 heavy (non-hydrogen) atoms. The van der Waals surface area contributed by atoms with Gasteiger partial charge >= 0.3 is 0 Å². The van der Waals surface area contributed by atoms with Gasteiger partial charge in [0.15, 0.2) is 5.58 Å². The number of carbonyl (C=O) groups excluding carboxylic acids is 1. The van der Waals surface area contributed by atoms with Gasteiger partial charge in [-0.2, -0.15) is 0 Å². The highest BCUT2D eigenvalue weighted by Crippen LogP contribution is 2.22. The number of piperidine rings is 1. The SMILES string of the molecule is CC(C)N1CCN(C2CCN(C(=O)c3cc4occc4[nH]3)CC2)CC1. The number of fused-ring (bicyclic) bond motifs is 1. The Morgan fingerprint density at radius 3 is 2.52 bits per heavy atom. The second-order valence-electron chi connectivity index (χ2n) is 7.57. The Balaban J connectivity index is 1.31. The van der Waals surface area contributed by atoms with Gasteiger partial charge in [-0.15, -0.1) is 0 Å². The largest absolute Gasteiger partial charge is 0.463 e. The van der Waals surface area contributed by atoms with Crippen molar-refractivity contribution < 1.29 is 9.21 Å². The molecule has 0 bridgehead atoms. The van der Waals surface area contributed by atoms with Crippen LogP contribution in [0.2, 0.25) is 0 Å². The van der Waals surface area contributed by atoms with Crippen molar-refractivity contribution in [3.05, 3.63) is 24.1 Å². The summed E-state index contributed by atoms with van der Waals surface area (Å²) in [4.78, 5) is 23.0. The first-order valence-electron chi connectivity index (χ1n) is 9.45. The number of hydrogen-bond donors (Lipinski definition) is 1. The predicted molar refractivity (Wildman–Crippen MR) is 97.8 cm³/mol. The number of piperazine rings is 1. The van der Waals surface area contributed by atoms with E-state index in [0.29, 0.717) is 17.8 Å². The Morgan fingerprint density at radius 1 is 1.16 bits per heavy atom. The predicted octanol–water partition coefficient (Wildman–Crippen LogP) is 2.39. The molecule has 2 aromatic heterocycles. The topological polar surface area (TPSA) is 55.7 Å². The summed E-state index contributed by atoms with van der Waals surface area (Å²) in [7, 11) is 0. The second kappa shape index (κ2) is 6.84. The van der Waals surface area contributed by atoms with Gasteiger partial charge in [0.1, 0.15) is 5.69 Å². The molecular weight excluding hydrogens is 316 g/mol. The van der Waals surface area contributed by atoms with Crippen LogP contribution in [0.1, 0.15) is 37.2 Å². The third kappa shape index (κ3) is 3.33. The van der Waals surface area contributed by atoms with Crippen LogP contribution in [0.3, 0.4) is 0 Å². The summed E-state index contributed by atoms with van der Waals surface area (Å²) in [6.45, 7) is 10.9. The smallest absolute Gasteiger partial charge is 0.270 e. The maximum absolute atomic E-state index is 12.7. The first-order chi connectivity index (χ1) is 12.1. The molecule has 0 spiro atoms. The quantitative estimate of drug-likeness (QED) is 0.929. The molecule has 6 heteroatoms. The summed E-state index contributed by atoms with van der Waals surface area (Å²) in [5.41, 5.74) is 2.28. The summed E-state index contributed by atoms with van der Waals surface area (Å²) in [5, 5.41) is 0. The minimum Gasteiger partial charge on any atom is -0.463 e. The number of aromatic amines is 1. The van der Waals surface area contributed by atoms with Gasteiger partial charge < -0.3 is 14.3 Å². The number of likely N-dealkylation sites (tertiary alicyclic amines) is 1. The highest BCUT2D eigenvalue weighted by atomic mass is 16.3. The van der Waals surface area contributed by atoms with Gasteiger partial charge in [-0.3, -0.25) is 14.6 Å². The molecule has 2 aromatic rings. The number of nitrogens with zero attached hydrogens (tertiary/aromatic N) is 3. The van der Waals surface area contributed by atoms with E-state index in [0.717, 1.165) is 50.1 Å². The fraction of sp³-hybridized carbons (Fsp3) is 0.632. The van der Waals surface area contributed by atoms with Crippen LogP contribution in [0.5, 0.6) is 0 Å². The van der Waals surface area contributed by atoms with Crippen LogP contribution in [-0.4, -0.2) is 76.9 Å². The molecule has 0 unspecified atom stereocenters. The van der Waals surface area contributed by atoms with Crippen LogP contribution < -0.4 is 0 Å². The summed E-state index contributed by atoms with van der Waals surface area (Å²) in [6, 6.07) is 4.94. The summed E-state index contributed by atoms with van der Waals surface area (Å²) in [5.74, 6) is 0.0921. The molecule has 2 aliphatic rings. The Kier molecular flexibility index (Phi) is 4.56. The fourth-order valence-electron chi connectivity index (χ4n) is 4.19. The summed E-state index contributed by atoms with van der Waals surface area (Å²) < 4.78 is 5.35. The minimum atomic E-state index is 0.0921. The van der Waals surface area contributed by atoms with Crippen molar-refractivity contribution in [2.75, 3.05) is 39.3 Å². The molecule has 0 aliphatic carbocycles. The van der Waals surface area contributed by atoms with Crippen LogP contribution in [0.25, 0.3) is 11.1 Å². The van der Waals surface area contributed by atoms with E-state index in [9.17, 15) is 4.79 Å². The van der Waals surface area contributed by atoms with Crippen LogP contribution in [0, 0.1) is 0 Å². The van der Waals surface area contributed by atoms with E-state index in [1.54, 1.807) is 6.26 Å². The van der Waals surface area contributed by atoms with E-state index >= 15 is 0 Å². The van der Waals surface area contributed by atoms with E-state index < -0.39 is 0 Å². The maximum atomic E-state index is 12.7. The van der Waals surface area contributed by atoms with Gasteiger partial charge in [0.05, 0.1) is 11.8 Å². The van der Waals surface area contributed by atoms with E-state index in [-0.39, 0.29) is 5.91 Å². The molecule has 4 rings (SSSR count). The standard InChI is InChI=1S/C19H28N4O2/c1-14(2)21-8-10-22(11-9-21)15-3-6-23(7-4-15)19(24)17-13-18-16(20-17)5-12-25-18/h5,12-15,20H,3-4,6-11H2,1-2H3. The van der Waals surface area contributed by atoms with Gasteiger partial charge in [-0.05, 0) is 26.7 Å². The lowest BCUT2D eigenvalue weighted by Gasteiger charge is -2.43. The molecule has 6 nitrogen and oxygen atoms in total. The average Bonchev–Trinajstić information content (AvgIpc) is 3.23. The van der Waals surface area contributed by atoms with Crippen molar-refractivity contribution >= 4 is 17.0 Å². The Bertz CT molecular complexity index is 690. The zero-order chi connectivity index (χ0) is 17.4. The van der Waals surface area contributed by atoms with E-state index in [1.807, 2.05) is 17.0 Å². The number of carbonyl (C=O) groups is 1. The number of rotatable bonds is 3. The molecule has 2 fully saturated rings. The monoisotopic (exact) mass is 344 g/mol. The number of furan rings is 1. The van der Waals surface area contributed by atoms with Gasteiger partial charge in [-0.1, -0.05) is 0 Å². The first-order valence-corrected chi connectivity index (χ1v) is 9.45. The second-order valence-corrected chi connectivity index (χ2v) is 7.57. The van der Waals surface area contributed by atoms with E-state index in [2.05, 4.69) is 28.6 Å². The number of H-pyrrole nitrogens is 1.